The van der Waals surface area contributed by atoms with Crippen LogP contribution < -0.4 is 0 Å². The highest BCUT2D eigenvalue weighted by Gasteiger charge is 2.21. The zero-order chi connectivity index (χ0) is 13.8. The number of carbonyl (C=O) groups is 1. The monoisotopic (exact) mass is 281 g/mol. The molecule has 1 aromatic rings. The van der Waals surface area contributed by atoms with E-state index < -0.39 is 0 Å². The Bertz CT molecular complexity index is 493. The number of carbonyl (C=O) groups excluding carboxylic acids is 1. The lowest BCUT2D eigenvalue weighted by Gasteiger charge is -2.27. The SMILES string of the molecule is CCCN1CCC(=O)/C(=C/c2c(F)cccc2Cl)C1. The van der Waals surface area contributed by atoms with Gasteiger partial charge in [0, 0.05) is 30.6 Å². The van der Waals surface area contributed by atoms with Gasteiger partial charge in [-0.25, -0.2) is 4.39 Å². The molecule has 19 heavy (non-hydrogen) atoms. The topological polar surface area (TPSA) is 20.3 Å². The van der Waals surface area contributed by atoms with Crippen molar-refractivity contribution in [2.45, 2.75) is 19.8 Å². The molecule has 1 aromatic carbocycles. The zero-order valence-corrected chi connectivity index (χ0v) is 11.7. The fraction of sp³-hybridized carbons (Fsp3) is 0.400. The first-order chi connectivity index (χ1) is 9.11. The van der Waals surface area contributed by atoms with Crippen LogP contribution in [0.1, 0.15) is 25.3 Å². The molecule has 0 N–H and O–H groups in total. The number of hydrogen-bond acceptors (Lipinski definition) is 2. The van der Waals surface area contributed by atoms with Gasteiger partial charge in [0.2, 0.25) is 0 Å². The van der Waals surface area contributed by atoms with Gasteiger partial charge in [-0.15, -0.1) is 0 Å². The maximum absolute atomic E-state index is 13.7. The third kappa shape index (κ3) is 3.43. The molecule has 1 aliphatic heterocycles. The van der Waals surface area contributed by atoms with E-state index in [4.69, 9.17) is 11.6 Å². The van der Waals surface area contributed by atoms with E-state index in [-0.39, 0.29) is 11.6 Å². The van der Waals surface area contributed by atoms with Crippen molar-refractivity contribution in [3.63, 3.8) is 0 Å². The van der Waals surface area contributed by atoms with Crippen LogP contribution in [-0.2, 0) is 4.79 Å². The van der Waals surface area contributed by atoms with Crippen molar-refractivity contribution in [3.8, 4) is 0 Å². The lowest BCUT2D eigenvalue weighted by Crippen LogP contribution is -2.36. The number of hydrogen-bond donors (Lipinski definition) is 0. The Hall–Kier alpha value is -1.19. The number of nitrogens with zero attached hydrogens (tertiary/aromatic N) is 1. The summed E-state index contributed by atoms with van der Waals surface area (Å²) in [5.41, 5.74) is 0.956. The van der Waals surface area contributed by atoms with Crippen molar-refractivity contribution < 1.29 is 9.18 Å². The Morgan fingerprint density at radius 1 is 1.47 bits per heavy atom. The van der Waals surface area contributed by atoms with Crippen molar-refractivity contribution in [1.29, 1.82) is 0 Å². The summed E-state index contributed by atoms with van der Waals surface area (Å²) < 4.78 is 13.7. The standard InChI is InChI=1S/C15H17ClFNO/c1-2-7-18-8-6-15(19)11(10-18)9-12-13(16)4-3-5-14(12)17/h3-5,9H,2,6-8,10H2,1H3/b11-9+. The Morgan fingerprint density at radius 3 is 2.95 bits per heavy atom. The summed E-state index contributed by atoms with van der Waals surface area (Å²) in [5.74, 6) is -0.299. The van der Waals surface area contributed by atoms with Crippen LogP contribution in [-0.4, -0.2) is 30.3 Å². The first kappa shape index (κ1) is 14.2. The highest BCUT2D eigenvalue weighted by Crippen LogP contribution is 2.24. The number of rotatable bonds is 3. The van der Waals surface area contributed by atoms with E-state index in [9.17, 15) is 9.18 Å². The van der Waals surface area contributed by atoms with Crippen molar-refractivity contribution in [2.24, 2.45) is 0 Å². The Morgan fingerprint density at radius 2 is 2.26 bits per heavy atom. The second-order valence-corrected chi connectivity index (χ2v) is 5.16. The molecular weight excluding hydrogens is 265 g/mol. The van der Waals surface area contributed by atoms with Gasteiger partial charge in [0.1, 0.15) is 5.82 Å². The minimum atomic E-state index is -0.389. The summed E-state index contributed by atoms with van der Waals surface area (Å²) in [6, 6.07) is 4.55. The van der Waals surface area contributed by atoms with Crippen molar-refractivity contribution >= 4 is 23.5 Å². The van der Waals surface area contributed by atoms with Gasteiger partial charge < -0.3 is 0 Å². The average Bonchev–Trinajstić information content (AvgIpc) is 2.38. The molecule has 0 atom stereocenters. The molecule has 1 saturated heterocycles. The van der Waals surface area contributed by atoms with E-state index in [1.54, 1.807) is 18.2 Å². The number of ketones is 1. The van der Waals surface area contributed by atoms with Gasteiger partial charge in [0.15, 0.2) is 5.78 Å². The van der Waals surface area contributed by atoms with Gasteiger partial charge in [-0.05, 0) is 31.2 Å². The van der Waals surface area contributed by atoms with E-state index in [1.165, 1.54) is 6.07 Å². The van der Waals surface area contributed by atoms with Crippen LogP contribution in [0.5, 0.6) is 0 Å². The van der Waals surface area contributed by atoms with E-state index in [1.807, 2.05) is 0 Å². The van der Waals surface area contributed by atoms with Crippen LogP contribution in [0.15, 0.2) is 23.8 Å². The normalized spacial score (nSPS) is 19.1. The van der Waals surface area contributed by atoms with Crippen LogP contribution in [0.3, 0.4) is 0 Å². The average molecular weight is 282 g/mol. The molecule has 102 valence electrons. The minimum absolute atomic E-state index is 0.0895. The summed E-state index contributed by atoms with van der Waals surface area (Å²) in [6.45, 7) is 4.43. The van der Waals surface area contributed by atoms with Gasteiger partial charge in [0.25, 0.3) is 0 Å². The highest BCUT2D eigenvalue weighted by atomic mass is 35.5. The fourth-order valence-corrected chi connectivity index (χ4v) is 2.50. The fourth-order valence-electron chi connectivity index (χ4n) is 2.28. The molecule has 1 aliphatic rings. The lowest BCUT2D eigenvalue weighted by molar-refractivity contribution is -0.117. The first-order valence-electron chi connectivity index (χ1n) is 6.52. The van der Waals surface area contributed by atoms with Gasteiger partial charge in [-0.2, -0.15) is 0 Å². The predicted molar refractivity (Wildman–Crippen MR) is 75.7 cm³/mol. The lowest BCUT2D eigenvalue weighted by atomic mass is 10.00. The molecule has 0 radical (unpaired) electrons. The molecule has 0 spiro atoms. The molecule has 0 amide bonds. The first-order valence-corrected chi connectivity index (χ1v) is 6.89. The molecule has 0 saturated carbocycles. The van der Waals surface area contributed by atoms with E-state index in [0.29, 0.717) is 29.1 Å². The maximum Gasteiger partial charge on any atom is 0.161 e. The molecule has 0 aliphatic carbocycles. The summed E-state index contributed by atoms with van der Waals surface area (Å²) in [4.78, 5) is 14.1. The largest absolute Gasteiger partial charge is 0.299 e. The van der Waals surface area contributed by atoms with Crippen LogP contribution >= 0.6 is 11.6 Å². The molecular formula is C15H17ClFNO. The molecule has 4 heteroatoms. The van der Waals surface area contributed by atoms with E-state index in [2.05, 4.69) is 11.8 Å². The third-order valence-electron chi connectivity index (χ3n) is 3.27. The molecule has 1 heterocycles. The predicted octanol–water partition coefficient (Wildman–Crippen LogP) is 3.55. The minimum Gasteiger partial charge on any atom is -0.299 e. The van der Waals surface area contributed by atoms with Crippen LogP contribution in [0.25, 0.3) is 6.08 Å². The van der Waals surface area contributed by atoms with E-state index in [0.717, 1.165) is 19.5 Å². The Labute approximate surface area is 117 Å². The summed E-state index contributed by atoms with van der Waals surface area (Å²) in [7, 11) is 0. The van der Waals surface area contributed by atoms with Crippen molar-refractivity contribution in [3.05, 3.63) is 40.2 Å². The van der Waals surface area contributed by atoms with Gasteiger partial charge in [0.05, 0.1) is 5.02 Å². The van der Waals surface area contributed by atoms with Crippen molar-refractivity contribution in [1.82, 2.24) is 4.90 Å². The van der Waals surface area contributed by atoms with Gasteiger partial charge in [-0.3, -0.25) is 9.69 Å². The summed E-state index contributed by atoms with van der Waals surface area (Å²) in [5, 5.41) is 0.341. The van der Waals surface area contributed by atoms with Crippen LogP contribution in [0, 0.1) is 5.82 Å². The maximum atomic E-state index is 13.7. The van der Waals surface area contributed by atoms with Gasteiger partial charge >= 0.3 is 0 Å². The Kier molecular flexibility index (Phi) is 4.72. The van der Waals surface area contributed by atoms with E-state index >= 15 is 0 Å². The van der Waals surface area contributed by atoms with Crippen molar-refractivity contribution in [2.75, 3.05) is 19.6 Å². The smallest absolute Gasteiger partial charge is 0.161 e. The molecule has 1 fully saturated rings. The summed E-state index contributed by atoms with van der Waals surface area (Å²) in [6.07, 6.45) is 3.14. The molecule has 0 unspecified atom stereocenters. The highest BCUT2D eigenvalue weighted by molar-refractivity contribution is 6.32. The molecule has 0 bridgehead atoms. The molecule has 0 aromatic heterocycles. The quantitative estimate of drug-likeness (QED) is 0.790. The second-order valence-electron chi connectivity index (χ2n) is 4.75. The van der Waals surface area contributed by atoms with Crippen LogP contribution in [0.4, 0.5) is 4.39 Å². The molecule has 2 nitrogen and oxygen atoms in total. The third-order valence-corrected chi connectivity index (χ3v) is 3.59. The van der Waals surface area contributed by atoms with Crippen LogP contribution in [0.2, 0.25) is 5.02 Å². The number of piperidine rings is 1. The number of likely N-dealkylation sites (tertiary alicyclic amines) is 1. The second kappa shape index (κ2) is 6.31. The van der Waals surface area contributed by atoms with Gasteiger partial charge in [-0.1, -0.05) is 24.6 Å². The molecule has 2 rings (SSSR count). The number of Topliss-reactive ketones (excluding diaryl/α,β-unsaturated/α-hetero) is 1. The number of halogens is 2. The Balaban J connectivity index is 2.27. The zero-order valence-electron chi connectivity index (χ0n) is 11.0. The number of benzene rings is 1. The summed E-state index contributed by atoms with van der Waals surface area (Å²) >= 11 is 5.98.